The Balaban J connectivity index is 1.62. The van der Waals surface area contributed by atoms with Crippen LogP contribution in [0.2, 0.25) is 5.02 Å². The van der Waals surface area contributed by atoms with Crippen LogP contribution in [0.3, 0.4) is 0 Å². The van der Waals surface area contributed by atoms with Crippen molar-refractivity contribution in [3.05, 3.63) is 106 Å². The van der Waals surface area contributed by atoms with Gasteiger partial charge in [0.2, 0.25) is 0 Å². The minimum Gasteiger partial charge on any atom is -0.390 e. The minimum absolute atomic E-state index is 0.0430. The molecule has 0 bridgehead atoms. The van der Waals surface area contributed by atoms with Gasteiger partial charge in [0.05, 0.1) is 11.6 Å². The summed E-state index contributed by atoms with van der Waals surface area (Å²) in [5, 5.41) is 11.5. The zero-order chi connectivity index (χ0) is 22.2. The van der Waals surface area contributed by atoms with E-state index in [4.69, 9.17) is 11.6 Å². The van der Waals surface area contributed by atoms with Crippen LogP contribution in [0.25, 0.3) is 0 Å². The summed E-state index contributed by atoms with van der Waals surface area (Å²) in [5.74, 6) is -1.55. The van der Waals surface area contributed by atoms with Crippen LogP contribution in [-0.2, 0) is 0 Å². The number of benzene rings is 3. The van der Waals surface area contributed by atoms with Crippen LogP contribution in [0, 0.1) is 17.6 Å². The van der Waals surface area contributed by atoms with Gasteiger partial charge in [0.25, 0.3) is 0 Å². The second-order valence-electron chi connectivity index (χ2n) is 8.91. The van der Waals surface area contributed by atoms with E-state index in [1.54, 1.807) is 13.8 Å². The summed E-state index contributed by atoms with van der Waals surface area (Å²) in [6.45, 7) is 4.82. The predicted molar refractivity (Wildman–Crippen MR) is 120 cm³/mol. The standard InChI is InChI=1S/C26H26ClF2NO/c1-26(2,31)24(19-12-22(28)14-23(29)13-19)20-15-30(16-20)25(17-6-4-3-5-7-17)18-8-10-21(27)11-9-18/h3-14,20,24-25,31H,15-16H2,1-2H3/t24-,25?/m0/s1. The van der Waals surface area contributed by atoms with Crippen LogP contribution in [-0.4, -0.2) is 28.7 Å². The van der Waals surface area contributed by atoms with Gasteiger partial charge < -0.3 is 5.11 Å². The third kappa shape index (κ3) is 4.82. The number of nitrogens with zero attached hydrogens (tertiary/aromatic N) is 1. The molecular formula is C26H26ClF2NO. The summed E-state index contributed by atoms with van der Waals surface area (Å²) in [6, 6.07) is 21.6. The van der Waals surface area contributed by atoms with E-state index < -0.39 is 17.2 Å². The maximum Gasteiger partial charge on any atom is 0.126 e. The highest BCUT2D eigenvalue weighted by Crippen LogP contribution is 2.44. The Morgan fingerprint density at radius 3 is 1.97 bits per heavy atom. The van der Waals surface area contributed by atoms with Gasteiger partial charge in [-0.3, -0.25) is 4.90 Å². The first-order valence-corrected chi connectivity index (χ1v) is 10.8. The van der Waals surface area contributed by atoms with Gasteiger partial charge in [-0.25, -0.2) is 8.78 Å². The van der Waals surface area contributed by atoms with Crippen molar-refractivity contribution in [2.75, 3.05) is 13.1 Å². The van der Waals surface area contributed by atoms with Crippen molar-refractivity contribution in [3.63, 3.8) is 0 Å². The first kappa shape index (κ1) is 21.9. The molecule has 3 aromatic carbocycles. The molecular weight excluding hydrogens is 416 g/mol. The molecule has 1 unspecified atom stereocenters. The number of halogens is 3. The molecule has 0 saturated carbocycles. The second-order valence-corrected chi connectivity index (χ2v) is 9.35. The maximum absolute atomic E-state index is 13.9. The molecule has 2 nitrogen and oxygen atoms in total. The highest BCUT2D eigenvalue weighted by atomic mass is 35.5. The Morgan fingerprint density at radius 1 is 0.871 bits per heavy atom. The average molecular weight is 442 g/mol. The van der Waals surface area contributed by atoms with Crippen molar-refractivity contribution in [2.45, 2.75) is 31.4 Å². The van der Waals surface area contributed by atoms with E-state index in [9.17, 15) is 13.9 Å². The monoisotopic (exact) mass is 441 g/mol. The Bertz CT molecular complexity index is 1010. The number of aliphatic hydroxyl groups is 1. The molecule has 3 aromatic rings. The van der Waals surface area contributed by atoms with Crippen LogP contribution in [0.4, 0.5) is 8.78 Å². The molecule has 0 amide bonds. The molecule has 1 aliphatic heterocycles. The van der Waals surface area contributed by atoms with Gasteiger partial charge in [0.15, 0.2) is 0 Å². The molecule has 0 aliphatic carbocycles. The summed E-state index contributed by atoms with van der Waals surface area (Å²) in [6.07, 6.45) is 0. The first-order chi connectivity index (χ1) is 14.7. The van der Waals surface area contributed by atoms with Crippen LogP contribution in [0.5, 0.6) is 0 Å². The molecule has 1 heterocycles. The molecule has 0 spiro atoms. The summed E-state index contributed by atoms with van der Waals surface area (Å²) < 4.78 is 27.8. The second kappa shape index (κ2) is 8.70. The van der Waals surface area contributed by atoms with Gasteiger partial charge in [-0.05, 0) is 60.7 Å². The van der Waals surface area contributed by atoms with Crippen LogP contribution >= 0.6 is 11.6 Å². The van der Waals surface area contributed by atoms with Crippen molar-refractivity contribution in [1.29, 1.82) is 0 Å². The highest BCUT2D eigenvalue weighted by Gasteiger charge is 2.44. The Labute approximate surface area is 187 Å². The molecule has 2 atom stereocenters. The molecule has 31 heavy (non-hydrogen) atoms. The molecule has 4 rings (SSSR count). The molecule has 1 N–H and O–H groups in total. The fourth-order valence-corrected chi connectivity index (χ4v) is 5.00. The number of hydrogen-bond acceptors (Lipinski definition) is 2. The maximum atomic E-state index is 13.9. The zero-order valence-corrected chi connectivity index (χ0v) is 18.4. The fourth-order valence-electron chi connectivity index (χ4n) is 4.88. The summed E-state index contributed by atoms with van der Waals surface area (Å²) in [7, 11) is 0. The Morgan fingerprint density at radius 2 is 1.42 bits per heavy atom. The Hall–Kier alpha value is -2.27. The molecule has 1 saturated heterocycles. The van der Waals surface area contributed by atoms with E-state index in [2.05, 4.69) is 17.0 Å². The molecule has 0 radical (unpaired) electrons. The summed E-state index contributed by atoms with van der Waals surface area (Å²) in [5.41, 5.74) is 1.68. The lowest BCUT2D eigenvalue weighted by atomic mass is 9.71. The van der Waals surface area contributed by atoms with Crippen molar-refractivity contribution < 1.29 is 13.9 Å². The largest absolute Gasteiger partial charge is 0.390 e. The number of likely N-dealkylation sites (tertiary alicyclic amines) is 1. The quantitative estimate of drug-likeness (QED) is 0.492. The van der Waals surface area contributed by atoms with Crippen molar-refractivity contribution in [2.24, 2.45) is 5.92 Å². The lowest BCUT2D eigenvalue weighted by Gasteiger charge is -2.50. The van der Waals surface area contributed by atoms with Gasteiger partial charge in [0, 0.05) is 30.1 Å². The molecule has 1 aliphatic rings. The molecule has 1 fully saturated rings. The van der Waals surface area contributed by atoms with E-state index in [-0.39, 0.29) is 17.9 Å². The van der Waals surface area contributed by atoms with Gasteiger partial charge in [-0.2, -0.15) is 0 Å². The SMILES string of the molecule is CC(C)(O)[C@@H](c1cc(F)cc(F)c1)C1CN(C(c2ccccc2)c2ccc(Cl)cc2)C1. The lowest BCUT2D eigenvalue weighted by Crippen LogP contribution is -2.54. The van der Waals surface area contributed by atoms with Crippen molar-refractivity contribution in [1.82, 2.24) is 4.90 Å². The van der Waals surface area contributed by atoms with E-state index >= 15 is 0 Å². The van der Waals surface area contributed by atoms with Crippen LogP contribution in [0.15, 0.2) is 72.8 Å². The fraction of sp³-hybridized carbons (Fsp3) is 0.308. The molecule has 5 heteroatoms. The Kier molecular flexibility index (Phi) is 6.16. The summed E-state index contributed by atoms with van der Waals surface area (Å²) >= 11 is 6.10. The van der Waals surface area contributed by atoms with Gasteiger partial charge >= 0.3 is 0 Å². The minimum atomic E-state index is -1.11. The molecule has 162 valence electrons. The lowest BCUT2D eigenvalue weighted by molar-refractivity contribution is -0.0309. The van der Waals surface area contributed by atoms with Crippen molar-refractivity contribution in [3.8, 4) is 0 Å². The number of hydrogen-bond donors (Lipinski definition) is 1. The number of rotatable bonds is 6. The van der Waals surface area contributed by atoms with E-state index in [0.29, 0.717) is 23.7 Å². The topological polar surface area (TPSA) is 23.5 Å². The van der Waals surface area contributed by atoms with E-state index in [1.807, 2.05) is 42.5 Å². The zero-order valence-electron chi connectivity index (χ0n) is 17.6. The van der Waals surface area contributed by atoms with Gasteiger partial charge in [0.1, 0.15) is 11.6 Å². The van der Waals surface area contributed by atoms with Crippen LogP contribution in [0.1, 0.15) is 42.5 Å². The average Bonchev–Trinajstić information content (AvgIpc) is 2.66. The van der Waals surface area contributed by atoms with E-state index in [0.717, 1.165) is 11.6 Å². The third-order valence-electron chi connectivity index (χ3n) is 6.08. The molecule has 0 aromatic heterocycles. The van der Waals surface area contributed by atoms with Crippen molar-refractivity contribution >= 4 is 11.6 Å². The van der Waals surface area contributed by atoms with E-state index in [1.165, 1.54) is 17.7 Å². The summed E-state index contributed by atoms with van der Waals surface area (Å²) in [4.78, 5) is 2.33. The smallest absolute Gasteiger partial charge is 0.126 e. The highest BCUT2D eigenvalue weighted by molar-refractivity contribution is 6.30. The van der Waals surface area contributed by atoms with Gasteiger partial charge in [-0.15, -0.1) is 0 Å². The normalized spacial score (nSPS) is 17.2. The predicted octanol–water partition coefficient (Wildman–Crippen LogP) is 6.19. The third-order valence-corrected chi connectivity index (χ3v) is 6.33. The van der Waals surface area contributed by atoms with Crippen LogP contribution < -0.4 is 0 Å². The van der Waals surface area contributed by atoms with Gasteiger partial charge in [-0.1, -0.05) is 54.1 Å². The first-order valence-electron chi connectivity index (χ1n) is 10.4.